The fourth-order valence-corrected chi connectivity index (χ4v) is 4.62. The first-order valence-electron chi connectivity index (χ1n) is 10.4. The van der Waals surface area contributed by atoms with Crippen LogP contribution < -0.4 is 0 Å². The van der Waals surface area contributed by atoms with Crippen molar-refractivity contribution in [2.45, 2.75) is 58.9 Å². The van der Waals surface area contributed by atoms with E-state index in [1.54, 1.807) is 16.7 Å². The van der Waals surface area contributed by atoms with Gasteiger partial charge in [0.05, 0.1) is 10.6 Å². The van der Waals surface area contributed by atoms with Crippen molar-refractivity contribution in [3.63, 3.8) is 0 Å². The van der Waals surface area contributed by atoms with E-state index in [1.165, 1.54) is 0 Å². The quantitative estimate of drug-likeness (QED) is 0.374. The molecule has 0 saturated heterocycles. The van der Waals surface area contributed by atoms with Gasteiger partial charge in [0, 0.05) is 23.2 Å². The van der Waals surface area contributed by atoms with E-state index in [9.17, 15) is 9.90 Å². The van der Waals surface area contributed by atoms with Gasteiger partial charge in [-0.1, -0.05) is 107 Å². The Morgan fingerprint density at radius 2 is 1.38 bits per heavy atom. The summed E-state index contributed by atoms with van der Waals surface area (Å²) in [7, 11) is 0. The van der Waals surface area contributed by atoms with E-state index >= 15 is 0 Å². The van der Waals surface area contributed by atoms with E-state index in [0.717, 1.165) is 5.56 Å². The van der Waals surface area contributed by atoms with Crippen LogP contribution >= 0.6 is 34.8 Å². The van der Waals surface area contributed by atoms with Crippen LogP contribution in [-0.4, -0.2) is 15.5 Å². The maximum atomic E-state index is 13.7. The summed E-state index contributed by atoms with van der Waals surface area (Å²) in [4.78, 5) is 13.7. The minimum atomic E-state index is -0.370. The third kappa shape index (κ3) is 4.71. The minimum absolute atomic E-state index is 0.125. The van der Waals surface area contributed by atoms with Crippen molar-refractivity contribution in [3.8, 4) is 5.75 Å². The van der Waals surface area contributed by atoms with E-state index < -0.39 is 0 Å². The van der Waals surface area contributed by atoms with Crippen LogP contribution in [0.4, 0.5) is 0 Å². The zero-order valence-electron chi connectivity index (χ0n) is 19.2. The van der Waals surface area contributed by atoms with Gasteiger partial charge >= 0.3 is 0 Å². The van der Waals surface area contributed by atoms with Gasteiger partial charge in [0.2, 0.25) is 0 Å². The van der Waals surface area contributed by atoms with Crippen LogP contribution in [0, 0.1) is 0 Å². The van der Waals surface area contributed by atoms with Crippen LogP contribution in [0.3, 0.4) is 0 Å². The Morgan fingerprint density at radius 3 is 1.84 bits per heavy atom. The molecule has 0 bridgehead atoms. The lowest BCUT2D eigenvalue weighted by atomic mass is 9.78. The molecule has 0 aliphatic carbocycles. The molecule has 1 heterocycles. The molecule has 0 unspecified atom stereocenters. The fraction of sp³-hybridized carbons (Fsp3) is 0.346. The first kappa shape index (κ1) is 24.7. The van der Waals surface area contributed by atoms with Crippen molar-refractivity contribution in [3.05, 3.63) is 85.6 Å². The predicted molar refractivity (Wildman–Crippen MR) is 134 cm³/mol. The highest BCUT2D eigenvalue weighted by molar-refractivity contribution is 6.47. The number of halogens is 3. The molecule has 0 aliphatic heterocycles. The van der Waals surface area contributed by atoms with Crippen LogP contribution in [-0.2, 0) is 17.4 Å². The van der Waals surface area contributed by atoms with Gasteiger partial charge in [-0.3, -0.25) is 4.79 Å². The lowest BCUT2D eigenvalue weighted by molar-refractivity contribution is 0.103. The normalized spacial score (nSPS) is 12.3. The summed E-state index contributed by atoms with van der Waals surface area (Å²) in [5, 5.41) is 11.5. The Kier molecular flexibility index (Phi) is 6.77. The van der Waals surface area contributed by atoms with Gasteiger partial charge in [-0.25, -0.2) is 0 Å². The average Bonchev–Trinajstić information content (AvgIpc) is 2.90. The number of carbonyl (C=O) groups excluding carboxylic acids is 1. The van der Waals surface area contributed by atoms with E-state index in [-0.39, 0.29) is 43.3 Å². The summed E-state index contributed by atoms with van der Waals surface area (Å²) in [5.41, 5.74) is 2.20. The van der Waals surface area contributed by atoms with E-state index in [4.69, 9.17) is 34.8 Å². The van der Waals surface area contributed by atoms with Gasteiger partial charge in [-0.15, -0.1) is 0 Å². The summed E-state index contributed by atoms with van der Waals surface area (Å²) < 4.78 is 1.63. The molecule has 0 atom stereocenters. The number of hydrogen-bond donors (Lipinski definition) is 1. The van der Waals surface area contributed by atoms with Crippen LogP contribution in [0.5, 0.6) is 5.75 Å². The van der Waals surface area contributed by atoms with E-state index in [2.05, 4.69) is 0 Å². The highest BCUT2D eigenvalue weighted by Crippen LogP contribution is 2.42. The number of ketones is 1. The Morgan fingerprint density at radius 1 is 0.875 bits per heavy atom. The molecular formula is C26H28Cl3NO2. The standard InChI is InChI=1S/C26H28Cl3NO2/c1-25(2,3)17-12-16(13-18(22(17)32)26(4,5)6)21(31)19-20(27)24(29)30(23(19)28)14-15-10-8-7-9-11-15/h7-13,32H,14H2,1-6H3. The predicted octanol–water partition coefficient (Wildman–Crippen LogP) is 8.03. The zero-order chi connectivity index (χ0) is 24.0. The molecule has 3 rings (SSSR count). The second-order valence-electron chi connectivity index (χ2n) is 10.1. The second-order valence-corrected chi connectivity index (χ2v) is 11.2. The number of aromatic nitrogens is 1. The number of nitrogens with zero attached hydrogens (tertiary/aromatic N) is 1. The highest BCUT2D eigenvalue weighted by Gasteiger charge is 2.31. The Hall–Kier alpha value is -1.94. The van der Waals surface area contributed by atoms with Crippen molar-refractivity contribution in [1.82, 2.24) is 4.57 Å². The van der Waals surface area contributed by atoms with E-state index in [0.29, 0.717) is 23.2 Å². The summed E-state index contributed by atoms with van der Waals surface area (Å²) in [6.45, 7) is 12.4. The fourth-order valence-electron chi connectivity index (χ4n) is 3.68. The van der Waals surface area contributed by atoms with Crippen molar-refractivity contribution >= 4 is 40.6 Å². The number of hydrogen-bond acceptors (Lipinski definition) is 2. The molecule has 3 aromatic rings. The average molecular weight is 493 g/mol. The van der Waals surface area contributed by atoms with Crippen molar-refractivity contribution in [1.29, 1.82) is 0 Å². The van der Waals surface area contributed by atoms with Gasteiger partial charge in [-0.05, 0) is 28.5 Å². The van der Waals surface area contributed by atoms with Crippen LogP contribution in [0.2, 0.25) is 15.3 Å². The maximum absolute atomic E-state index is 13.7. The smallest absolute Gasteiger partial charge is 0.197 e. The molecule has 32 heavy (non-hydrogen) atoms. The second kappa shape index (κ2) is 8.78. The monoisotopic (exact) mass is 491 g/mol. The molecule has 0 radical (unpaired) electrons. The molecule has 1 N–H and O–H groups in total. The number of rotatable bonds is 4. The molecule has 170 valence electrons. The first-order valence-corrected chi connectivity index (χ1v) is 11.6. The Bertz CT molecular complexity index is 1130. The SMILES string of the molecule is CC(C)(C)c1cc(C(=O)c2c(Cl)c(Cl)n(Cc3ccccc3)c2Cl)cc(C(C)(C)C)c1O. The molecule has 0 saturated carbocycles. The maximum Gasteiger partial charge on any atom is 0.197 e. The summed E-state index contributed by atoms with van der Waals surface area (Å²) >= 11 is 19.6. The van der Waals surface area contributed by atoms with Crippen LogP contribution in [0.1, 0.15) is 74.2 Å². The Labute approximate surface area is 204 Å². The summed E-state index contributed by atoms with van der Waals surface area (Å²) in [5.74, 6) is -0.122. The first-order chi connectivity index (χ1) is 14.7. The van der Waals surface area contributed by atoms with Gasteiger partial charge in [0.25, 0.3) is 0 Å². The number of carbonyl (C=O) groups is 1. The summed E-state index contributed by atoms with van der Waals surface area (Å²) in [6.07, 6.45) is 0. The van der Waals surface area contributed by atoms with Gasteiger partial charge in [-0.2, -0.15) is 0 Å². The molecule has 6 heteroatoms. The number of aromatic hydroxyl groups is 1. The molecule has 0 aliphatic rings. The molecule has 2 aromatic carbocycles. The van der Waals surface area contributed by atoms with E-state index in [1.807, 2.05) is 71.9 Å². The summed E-state index contributed by atoms with van der Waals surface area (Å²) in [6, 6.07) is 13.1. The number of phenolic OH excluding ortho intramolecular Hbond substituents is 1. The number of benzene rings is 2. The van der Waals surface area contributed by atoms with Crippen LogP contribution in [0.25, 0.3) is 0 Å². The molecular weight excluding hydrogens is 465 g/mol. The van der Waals surface area contributed by atoms with Crippen molar-refractivity contribution in [2.24, 2.45) is 0 Å². The third-order valence-electron chi connectivity index (χ3n) is 5.48. The molecule has 3 nitrogen and oxygen atoms in total. The van der Waals surface area contributed by atoms with Crippen molar-refractivity contribution in [2.75, 3.05) is 0 Å². The molecule has 0 fully saturated rings. The van der Waals surface area contributed by atoms with Gasteiger partial charge < -0.3 is 9.67 Å². The van der Waals surface area contributed by atoms with Crippen LogP contribution in [0.15, 0.2) is 42.5 Å². The largest absolute Gasteiger partial charge is 0.507 e. The topological polar surface area (TPSA) is 42.2 Å². The zero-order valence-corrected chi connectivity index (χ0v) is 21.5. The number of phenols is 1. The molecule has 0 amide bonds. The third-order valence-corrected chi connectivity index (χ3v) is 6.73. The Balaban J connectivity index is 2.17. The van der Waals surface area contributed by atoms with Crippen molar-refractivity contribution < 1.29 is 9.90 Å². The van der Waals surface area contributed by atoms with Gasteiger partial charge in [0.15, 0.2) is 5.78 Å². The van der Waals surface area contributed by atoms with Gasteiger partial charge in [0.1, 0.15) is 16.1 Å². The lowest BCUT2D eigenvalue weighted by Crippen LogP contribution is -2.19. The minimum Gasteiger partial charge on any atom is -0.507 e. The molecule has 0 spiro atoms. The molecule has 1 aromatic heterocycles. The highest BCUT2D eigenvalue weighted by atomic mass is 35.5. The lowest BCUT2D eigenvalue weighted by Gasteiger charge is -2.28.